The standard InChI is InChI=1S/C18H18ClN3O5/c1-10(21-22-18(26)11-3-5-14(23)15(24)8-11)7-17(25)20-13-9-12(19)4-6-16(13)27-2/h3-6,8-9,23-24H,7H2,1-2H3,(H,20,25)(H,22,26)/b21-10+. The van der Waals surface area contributed by atoms with E-state index in [1.165, 1.54) is 19.2 Å². The van der Waals surface area contributed by atoms with Crippen molar-refractivity contribution in [2.24, 2.45) is 5.10 Å². The van der Waals surface area contributed by atoms with Crippen LogP contribution in [0.15, 0.2) is 41.5 Å². The number of benzene rings is 2. The first-order valence-electron chi connectivity index (χ1n) is 7.79. The van der Waals surface area contributed by atoms with Crippen LogP contribution in [0.25, 0.3) is 0 Å². The molecule has 0 atom stereocenters. The maximum atomic E-state index is 12.1. The Bertz CT molecular complexity index is 899. The quantitative estimate of drug-likeness (QED) is 0.343. The number of hydrazone groups is 1. The fraction of sp³-hybridized carbons (Fsp3) is 0.167. The van der Waals surface area contributed by atoms with Crippen molar-refractivity contribution in [2.75, 3.05) is 12.4 Å². The molecule has 0 aliphatic heterocycles. The zero-order valence-electron chi connectivity index (χ0n) is 14.6. The van der Waals surface area contributed by atoms with Crippen molar-refractivity contribution in [1.29, 1.82) is 0 Å². The largest absolute Gasteiger partial charge is 0.504 e. The first-order valence-corrected chi connectivity index (χ1v) is 8.17. The van der Waals surface area contributed by atoms with Crippen LogP contribution in [0, 0.1) is 0 Å². The van der Waals surface area contributed by atoms with Gasteiger partial charge in [0.2, 0.25) is 5.91 Å². The first kappa shape index (κ1) is 20.1. The smallest absolute Gasteiger partial charge is 0.271 e. The summed E-state index contributed by atoms with van der Waals surface area (Å²) in [6, 6.07) is 8.45. The Morgan fingerprint density at radius 3 is 2.56 bits per heavy atom. The second kappa shape index (κ2) is 8.91. The average Bonchev–Trinajstić information content (AvgIpc) is 2.62. The number of hydrogen-bond donors (Lipinski definition) is 4. The number of nitrogens with one attached hydrogen (secondary N) is 2. The summed E-state index contributed by atoms with van der Waals surface area (Å²) in [6.07, 6.45) is -0.0726. The molecule has 2 rings (SSSR count). The number of halogens is 1. The van der Waals surface area contributed by atoms with Crippen molar-refractivity contribution in [2.45, 2.75) is 13.3 Å². The molecule has 2 amide bonds. The number of carbonyl (C=O) groups excluding carboxylic acids is 2. The number of nitrogens with zero attached hydrogens (tertiary/aromatic N) is 1. The Balaban J connectivity index is 1.96. The third-order valence-corrected chi connectivity index (χ3v) is 3.67. The molecule has 0 fully saturated rings. The number of rotatable bonds is 6. The summed E-state index contributed by atoms with van der Waals surface area (Å²) in [6.45, 7) is 1.57. The molecule has 0 saturated heterocycles. The van der Waals surface area contributed by atoms with Gasteiger partial charge in [0, 0.05) is 16.3 Å². The highest BCUT2D eigenvalue weighted by molar-refractivity contribution is 6.31. The molecule has 4 N–H and O–H groups in total. The average molecular weight is 392 g/mol. The minimum Gasteiger partial charge on any atom is -0.504 e. The third kappa shape index (κ3) is 5.61. The van der Waals surface area contributed by atoms with E-state index in [1.54, 1.807) is 25.1 Å². The number of ether oxygens (including phenoxy) is 1. The van der Waals surface area contributed by atoms with Gasteiger partial charge in [0.1, 0.15) is 5.75 Å². The van der Waals surface area contributed by atoms with Crippen LogP contribution in [0.5, 0.6) is 17.2 Å². The van der Waals surface area contributed by atoms with Crippen LogP contribution < -0.4 is 15.5 Å². The van der Waals surface area contributed by atoms with Crippen LogP contribution in [0.2, 0.25) is 5.02 Å². The summed E-state index contributed by atoms with van der Waals surface area (Å²) < 4.78 is 5.15. The highest BCUT2D eigenvalue weighted by Gasteiger charge is 2.11. The van der Waals surface area contributed by atoms with E-state index in [0.29, 0.717) is 22.2 Å². The van der Waals surface area contributed by atoms with Gasteiger partial charge in [-0.05, 0) is 43.3 Å². The summed E-state index contributed by atoms with van der Waals surface area (Å²) in [5, 5.41) is 25.6. The minimum absolute atomic E-state index is 0.0726. The molecule has 142 valence electrons. The predicted molar refractivity (Wildman–Crippen MR) is 102 cm³/mol. The first-order chi connectivity index (χ1) is 12.8. The molecule has 0 bridgehead atoms. The molecule has 0 radical (unpaired) electrons. The molecular formula is C18H18ClN3O5. The molecule has 0 saturated carbocycles. The molecule has 9 heteroatoms. The number of amides is 2. The van der Waals surface area contributed by atoms with E-state index in [2.05, 4.69) is 15.8 Å². The molecule has 0 unspecified atom stereocenters. The van der Waals surface area contributed by atoms with Crippen molar-refractivity contribution in [3.8, 4) is 17.2 Å². The monoisotopic (exact) mass is 391 g/mol. The van der Waals surface area contributed by atoms with Crippen molar-refractivity contribution in [3.05, 3.63) is 47.0 Å². The van der Waals surface area contributed by atoms with Gasteiger partial charge in [-0.2, -0.15) is 5.10 Å². The maximum Gasteiger partial charge on any atom is 0.271 e. The molecule has 2 aromatic carbocycles. The van der Waals surface area contributed by atoms with E-state index in [4.69, 9.17) is 16.3 Å². The van der Waals surface area contributed by atoms with E-state index >= 15 is 0 Å². The second-order valence-electron chi connectivity index (χ2n) is 5.56. The summed E-state index contributed by atoms with van der Waals surface area (Å²) in [5.74, 6) is -1.25. The second-order valence-corrected chi connectivity index (χ2v) is 6.00. The van der Waals surface area contributed by atoms with Gasteiger partial charge >= 0.3 is 0 Å². The lowest BCUT2D eigenvalue weighted by atomic mass is 10.2. The zero-order chi connectivity index (χ0) is 20.0. The van der Waals surface area contributed by atoms with Gasteiger partial charge < -0.3 is 20.3 Å². The highest BCUT2D eigenvalue weighted by atomic mass is 35.5. The number of methoxy groups -OCH3 is 1. The van der Waals surface area contributed by atoms with E-state index in [9.17, 15) is 19.8 Å². The van der Waals surface area contributed by atoms with Crippen molar-refractivity contribution in [3.63, 3.8) is 0 Å². The van der Waals surface area contributed by atoms with Gasteiger partial charge in [-0.3, -0.25) is 9.59 Å². The Hall–Kier alpha value is -3.26. The molecular weight excluding hydrogens is 374 g/mol. The summed E-state index contributed by atoms with van der Waals surface area (Å²) in [7, 11) is 1.47. The molecule has 0 aliphatic rings. The molecule has 27 heavy (non-hydrogen) atoms. The number of hydrogen-bond acceptors (Lipinski definition) is 6. The van der Waals surface area contributed by atoms with Crippen LogP contribution in [-0.4, -0.2) is 34.8 Å². The van der Waals surface area contributed by atoms with Gasteiger partial charge in [0.05, 0.1) is 19.2 Å². The fourth-order valence-electron chi connectivity index (χ4n) is 2.12. The van der Waals surface area contributed by atoms with Crippen LogP contribution in [-0.2, 0) is 4.79 Å². The van der Waals surface area contributed by atoms with Crippen LogP contribution in [0.1, 0.15) is 23.7 Å². The number of anilines is 1. The van der Waals surface area contributed by atoms with Crippen LogP contribution in [0.4, 0.5) is 5.69 Å². The topological polar surface area (TPSA) is 120 Å². The Labute approximate surface area is 160 Å². The lowest BCUT2D eigenvalue weighted by molar-refractivity contribution is -0.115. The number of carbonyl (C=O) groups is 2. The van der Waals surface area contributed by atoms with Gasteiger partial charge in [-0.1, -0.05) is 11.6 Å². The van der Waals surface area contributed by atoms with Crippen LogP contribution in [0.3, 0.4) is 0 Å². The number of aromatic hydroxyl groups is 2. The van der Waals surface area contributed by atoms with Gasteiger partial charge in [0.25, 0.3) is 5.91 Å². The molecule has 2 aromatic rings. The van der Waals surface area contributed by atoms with E-state index in [0.717, 1.165) is 6.07 Å². The SMILES string of the molecule is COc1ccc(Cl)cc1NC(=O)C/C(C)=N/NC(=O)c1ccc(O)c(O)c1. The lowest BCUT2D eigenvalue weighted by Gasteiger charge is -2.10. The van der Waals surface area contributed by atoms with E-state index in [-0.39, 0.29) is 23.6 Å². The molecule has 0 aromatic heterocycles. The Morgan fingerprint density at radius 2 is 1.89 bits per heavy atom. The maximum absolute atomic E-state index is 12.1. The van der Waals surface area contributed by atoms with Gasteiger partial charge in [-0.15, -0.1) is 0 Å². The van der Waals surface area contributed by atoms with E-state index < -0.39 is 11.7 Å². The van der Waals surface area contributed by atoms with Crippen molar-refractivity contribution in [1.82, 2.24) is 5.43 Å². The highest BCUT2D eigenvalue weighted by Crippen LogP contribution is 2.27. The Morgan fingerprint density at radius 1 is 1.15 bits per heavy atom. The van der Waals surface area contributed by atoms with Crippen molar-refractivity contribution >= 4 is 34.8 Å². The summed E-state index contributed by atoms with van der Waals surface area (Å²) >= 11 is 5.92. The normalized spacial score (nSPS) is 11.0. The Kier molecular flexibility index (Phi) is 6.62. The minimum atomic E-state index is -0.596. The summed E-state index contributed by atoms with van der Waals surface area (Å²) in [5.41, 5.74) is 3.16. The van der Waals surface area contributed by atoms with E-state index in [1.807, 2.05) is 0 Å². The molecule has 0 aliphatic carbocycles. The lowest BCUT2D eigenvalue weighted by Crippen LogP contribution is -2.21. The fourth-order valence-corrected chi connectivity index (χ4v) is 2.29. The predicted octanol–water partition coefficient (Wildman–Crippen LogP) is 2.89. The van der Waals surface area contributed by atoms with Gasteiger partial charge in [-0.25, -0.2) is 5.43 Å². The number of phenolic OH excluding ortho intramolecular Hbond substituents is 2. The zero-order valence-corrected chi connectivity index (χ0v) is 15.4. The summed E-state index contributed by atoms with van der Waals surface area (Å²) in [4.78, 5) is 24.1. The number of phenols is 2. The molecule has 8 nitrogen and oxygen atoms in total. The van der Waals surface area contributed by atoms with Crippen LogP contribution >= 0.6 is 11.6 Å². The molecule has 0 heterocycles. The van der Waals surface area contributed by atoms with Crippen molar-refractivity contribution < 1.29 is 24.5 Å². The van der Waals surface area contributed by atoms with Gasteiger partial charge in [0.15, 0.2) is 11.5 Å². The molecule has 0 spiro atoms. The third-order valence-electron chi connectivity index (χ3n) is 3.44.